The molecule has 0 saturated carbocycles. The van der Waals surface area contributed by atoms with Crippen LogP contribution in [0.3, 0.4) is 0 Å². The number of hydrogen-bond acceptors (Lipinski definition) is 6. The van der Waals surface area contributed by atoms with Crippen LogP contribution in [0.1, 0.15) is 12.5 Å². The number of carbonyl (C=O) groups excluding carboxylic acids is 1. The van der Waals surface area contributed by atoms with Gasteiger partial charge >= 0.3 is 0 Å². The number of hydrogen-bond donors (Lipinski definition) is 1. The summed E-state index contributed by atoms with van der Waals surface area (Å²) in [4.78, 5) is 20.3. The highest BCUT2D eigenvalue weighted by molar-refractivity contribution is 7.22. The Bertz CT molecular complexity index is 1200. The normalized spacial score (nSPS) is 17.0. The number of methoxy groups -OCH3 is 1. The van der Waals surface area contributed by atoms with Crippen LogP contribution in [0, 0.1) is 5.82 Å². The smallest absolute Gasteiger partial charge is 0.246 e. The molecule has 4 rings (SSSR count). The largest absolute Gasteiger partial charge is 0.496 e. The molecule has 3 aromatic rings. The number of nitrogen functional groups attached to an aromatic ring is 1. The van der Waals surface area contributed by atoms with Crippen molar-refractivity contribution in [3.63, 3.8) is 0 Å². The van der Waals surface area contributed by atoms with Crippen molar-refractivity contribution in [1.82, 2.24) is 14.8 Å². The quantitative estimate of drug-likeness (QED) is 0.548. The third kappa shape index (κ3) is 4.18. The fraction of sp³-hybridized carbons (Fsp3) is 0.304. The summed E-state index contributed by atoms with van der Waals surface area (Å²) >= 11 is 7.80. The molecule has 2 aromatic carbocycles. The van der Waals surface area contributed by atoms with E-state index in [0.717, 1.165) is 23.4 Å². The molecule has 1 aliphatic heterocycles. The average Bonchev–Trinajstić information content (AvgIpc) is 3.18. The molecule has 1 saturated heterocycles. The van der Waals surface area contributed by atoms with Gasteiger partial charge in [0.1, 0.15) is 11.6 Å². The van der Waals surface area contributed by atoms with Crippen LogP contribution in [-0.2, 0) is 11.3 Å². The summed E-state index contributed by atoms with van der Waals surface area (Å²) in [5.41, 5.74) is 8.66. The summed E-state index contributed by atoms with van der Waals surface area (Å²) in [5.74, 6) is 0.275. The zero-order valence-corrected chi connectivity index (χ0v) is 19.5. The van der Waals surface area contributed by atoms with Crippen molar-refractivity contribution in [2.45, 2.75) is 19.5 Å². The molecule has 0 unspecified atom stereocenters. The Morgan fingerprint density at radius 3 is 2.88 bits per heavy atom. The van der Waals surface area contributed by atoms with Crippen LogP contribution in [0.2, 0.25) is 5.02 Å². The molecule has 6 nitrogen and oxygen atoms in total. The van der Waals surface area contributed by atoms with E-state index in [1.54, 1.807) is 18.1 Å². The first-order valence-corrected chi connectivity index (χ1v) is 11.4. The minimum absolute atomic E-state index is 0.0465. The van der Waals surface area contributed by atoms with Gasteiger partial charge in [0, 0.05) is 53.9 Å². The number of piperazine rings is 1. The van der Waals surface area contributed by atoms with E-state index in [1.807, 2.05) is 12.1 Å². The van der Waals surface area contributed by atoms with Crippen LogP contribution >= 0.6 is 22.9 Å². The Kier molecular flexibility index (Phi) is 6.37. The van der Waals surface area contributed by atoms with E-state index in [4.69, 9.17) is 22.1 Å². The summed E-state index contributed by atoms with van der Waals surface area (Å²) in [7, 11) is 1.61. The maximum Gasteiger partial charge on any atom is 0.246 e. The van der Waals surface area contributed by atoms with Crippen LogP contribution in [0.15, 0.2) is 36.9 Å². The molecule has 1 aliphatic rings. The summed E-state index contributed by atoms with van der Waals surface area (Å²) in [6.45, 7) is 8.30. The first kappa shape index (κ1) is 22.5. The Morgan fingerprint density at radius 1 is 1.41 bits per heavy atom. The lowest BCUT2D eigenvalue weighted by Crippen LogP contribution is -2.52. The summed E-state index contributed by atoms with van der Waals surface area (Å²) in [6, 6.07) is 6.98. The maximum absolute atomic E-state index is 14.2. The zero-order chi connectivity index (χ0) is 23.0. The van der Waals surface area contributed by atoms with Gasteiger partial charge in [-0.15, -0.1) is 0 Å². The van der Waals surface area contributed by atoms with E-state index in [9.17, 15) is 9.18 Å². The average molecular weight is 475 g/mol. The van der Waals surface area contributed by atoms with Gasteiger partial charge in [-0.2, -0.15) is 0 Å². The second kappa shape index (κ2) is 9.05. The molecule has 2 heterocycles. The van der Waals surface area contributed by atoms with Gasteiger partial charge in [0.05, 0.1) is 17.3 Å². The lowest BCUT2D eigenvalue weighted by atomic mass is 10.0. The van der Waals surface area contributed by atoms with Gasteiger partial charge in [-0.25, -0.2) is 9.37 Å². The van der Waals surface area contributed by atoms with Gasteiger partial charge in [-0.05, 0) is 37.3 Å². The van der Waals surface area contributed by atoms with E-state index in [1.165, 1.54) is 12.1 Å². The van der Waals surface area contributed by atoms with Crippen molar-refractivity contribution < 1.29 is 13.9 Å². The first-order chi connectivity index (χ1) is 15.3. The van der Waals surface area contributed by atoms with Crippen LogP contribution < -0.4 is 10.5 Å². The fourth-order valence-corrected chi connectivity index (χ4v) is 5.15. The SMILES string of the molecule is C=CC(=O)N1CCN(Cc2cc(Cl)c(-c3ccc(F)c4sc(N)nc34)cc2OC)[C@H](C)C1. The molecular formula is C23H24ClFN4O2S. The Hall–Kier alpha value is -2.68. The molecule has 32 heavy (non-hydrogen) atoms. The van der Waals surface area contributed by atoms with Crippen LogP contribution in [0.4, 0.5) is 9.52 Å². The number of carbonyl (C=O) groups is 1. The summed E-state index contributed by atoms with van der Waals surface area (Å²) < 4.78 is 20.3. The minimum atomic E-state index is -0.360. The highest BCUT2D eigenvalue weighted by Gasteiger charge is 2.27. The van der Waals surface area contributed by atoms with Crippen molar-refractivity contribution in [1.29, 1.82) is 0 Å². The predicted molar refractivity (Wildman–Crippen MR) is 128 cm³/mol. The number of amides is 1. The van der Waals surface area contributed by atoms with Crippen molar-refractivity contribution >= 4 is 44.2 Å². The number of aromatic nitrogens is 1. The lowest BCUT2D eigenvalue weighted by molar-refractivity contribution is -0.128. The van der Waals surface area contributed by atoms with Crippen LogP contribution in [0.5, 0.6) is 5.75 Å². The standard InChI is InChI=1S/C23H24ClFN4O2S/c1-4-20(30)29-8-7-28(13(2)11-29)12-14-9-17(24)16(10-19(14)31-3)15-5-6-18(25)22-21(15)27-23(26)32-22/h4-6,9-10,13H,1,7-8,11-12H2,2-3H3,(H2,26,27)/t13-/m1/s1. The fourth-order valence-electron chi connectivity index (χ4n) is 4.10. The molecule has 0 spiro atoms. The highest BCUT2D eigenvalue weighted by atomic mass is 35.5. The lowest BCUT2D eigenvalue weighted by Gasteiger charge is -2.39. The monoisotopic (exact) mass is 474 g/mol. The van der Waals surface area contributed by atoms with Crippen LogP contribution in [0.25, 0.3) is 21.3 Å². The molecule has 1 fully saturated rings. The topological polar surface area (TPSA) is 71.7 Å². The van der Waals surface area contributed by atoms with E-state index < -0.39 is 0 Å². The van der Waals surface area contributed by atoms with Crippen molar-refractivity contribution in [3.8, 4) is 16.9 Å². The summed E-state index contributed by atoms with van der Waals surface area (Å²) in [6.07, 6.45) is 1.35. The molecule has 0 radical (unpaired) electrons. The van der Waals surface area contributed by atoms with Crippen molar-refractivity contribution in [3.05, 3.63) is 53.3 Å². The van der Waals surface area contributed by atoms with Gasteiger partial charge < -0.3 is 15.4 Å². The molecule has 168 valence electrons. The van der Waals surface area contributed by atoms with Gasteiger partial charge in [0.2, 0.25) is 5.91 Å². The first-order valence-electron chi connectivity index (χ1n) is 10.2. The number of fused-ring (bicyclic) bond motifs is 1. The molecule has 1 atom stereocenters. The predicted octanol–water partition coefficient (Wildman–Crippen LogP) is 4.57. The zero-order valence-electron chi connectivity index (χ0n) is 17.9. The minimum Gasteiger partial charge on any atom is -0.496 e. The van der Waals surface area contributed by atoms with Gasteiger partial charge in [0.15, 0.2) is 5.13 Å². The number of benzene rings is 2. The number of thiazole rings is 1. The second-order valence-electron chi connectivity index (χ2n) is 7.78. The van der Waals surface area contributed by atoms with E-state index >= 15 is 0 Å². The molecule has 0 bridgehead atoms. The number of nitrogens with zero attached hydrogens (tertiary/aromatic N) is 3. The Labute approximate surface area is 195 Å². The highest BCUT2D eigenvalue weighted by Crippen LogP contribution is 2.40. The third-order valence-electron chi connectivity index (χ3n) is 5.80. The van der Waals surface area contributed by atoms with Gasteiger partial charge in [-0.3, -0.25) is 9.69 Å². The third-order valence-corrected chi connectivity index (χ3v) is 7.00. The van der Waals surface area contributed by atoms with E-state index in [-0.39, 0.29) is 17.8 Å². The Morgan fingerprint density at radius 2 is 2.19 bits per heavy atom. The number of anilines is 1. The van der Waals surface area contributed by atoms with Crippen molar-refractivity contribution in [2.75, 3.05) is 32.5 Å². The Balaban J connectivity index is 1.65. The van der Waals surface area contributed by atoms with E-state index in [0.29, 0.717) is 56.9 Å². The molecular weight excluding hydrogens is 451 g/mol. The second-order valence-corrected chi connectivity index (χ2v) is 9.21. The molecule has 1 amide bonds. The maximum atomic E-state index is 14.2. The molecule has 2 N–H and O–H groups in total. The molecule has 9 heteroatoms. The number of nitrogens with two attached hydrogens (primary N) is 1. The van der Waals surface area contributed by atoms with Crippen molar-refractivity contribution in [2.24, 2.45) is 0 Å². The van der Waals surface area contributed by atoms with E-state index in [2.05, 4.69) is 23.4 Å². The molecule has 0 aliphatic carbocycles. The van der Waals surface area contributed by atoms with Crippen LogP contribution in [-0.4, -0.2) is 53.5 Å². The number of rotatable bonds is 5. The van der Waals surface area contributed by atoms with Gasteiger partial charge in [0.25, 0.3) is 0 Å². The summed E-state index contributed by atoms with van der Waals surface area (Å²) in [5, 5.41) is 0.822. The number of halogens is 2. The molecule has 1 aromatic heterocycles. The van der Waals surface area contributed by atoms with Gasteiger partial charge in [-0.1, -0.05) is 29.5 Å². The number of ether oxygens (including phenoxy) is 1.